The van der Waals surface area contributed by atoms with Crippen molar-refractivity contribution in [3.63, 3.8) is 0 Å². The third-order valence-corrected chi connectivity index (χ3v) is 5.28. The molecule has 1 aromatic rings. The van der Waals surface area contributed by atoms with E-state index in [1.54, 1.807) is 0 Å². The van der Waals surface area contributed by atoms with Gasteiger partial charge in [-0.25, -0.2) is 0 Å². The number of unbranched alkanes of at least 4 members (excludes halogenated alkanes) is 7. The third kappa shape index (κ3) is 12.0. The minimum atomic E-state index is -0.311. The van der Waals surface area contributed by atoms with Gasteiger partial charge in [-0.05, 0) is 30.5 Å². The van der Waals surface area contributed by atoms with Crippen LogP contribution in [0, 0.1) is 0 Å². The normalized spacial score (nSPS) is 12.4. The van der Waals surface area contributed by atoms with E-state index in [0.29, 0.717) is 16.6 Å². The number of likely N-dealkylation sites (N-methyl/N-ethyl adjacent to an activating group) is 1. The maximum Gasteiger partial charge on any atom is 0.307 e. The van der Waals surface area contributed by atoms with Crippen LogP contribution >= 0.6 is 0 Å². The van der Waals surface area contributed by atoms with Crippen LogP contribution in [0.4, 0.5) is 0 Å². The molecular weight excluding hydrogens is 376 g/mol. The second-order valence-corrected chi connectivity index (χ2v) is 9.35. The number of esters is 1. The average Bonchev–Trinajstić information content (AvgIpc) is 2.69. The van der Waals surface area contributed by atoms with E-state index in [0.717, 1.165) is 6.42 Å². The highest BCUT2D eigenvalue weighted by molar-refractivity contribution is 5.94. The minimum Gasteiger partial charge on any atom is -0.469 e. The molecule has 1 aromatic carbocycles. The van der Waals surface area contributed by atoms with E-state index in [1.807, 2.05) is 45.4 Å². The zero-order chi connectivity index (χ0) is 22.4. The predicted octanol–water partition coefficient (Wildman–Crippen LogP) is 4.74. The Kier molecular flexibility index (Phi) is 12.4. The molecular formula is C25H43N2O3+. The summed E-state index contributed by atoms with van der Waals surface area (Å²) in [6.45, 7) is 2.90. The molecule has 0 spiro atoms. The number of aryl methyl sites for hydroxylation is 1. The number of quaternary nitrogens is 1. The van der Waals surface area contributed by atoms with Gasteiger partial charge in [0.15, 0.2) is 0 Å². The van der Waals surface area contributed by atoms with Crippen molar-refractivity contribution in [2.24, 2.45) is 0 Å². The number of carbonyl (C=O) groups excluding carboxylic acids is 2. The Morgan fingerprint density at radius 3 is 2.03 bits per heavy atom. The van der Waals surface area contributed by atoms with E-state index < -0.39 is 0 Å². The molecule has 0 radical (unpaired) electrons. The molecule has 170 valence electrons. The van der Waals surface area contributed by atoms with Crippen LogP contribution in [0.2, 0.25) is 0 Å². The number of amides is 1. The molecule has 0 fully saturated rings. The Morgan fingerprint density at radius 2 is 1.50 bits per heavy atom. The number of benzene rings is 1. The lowest BCUT2D eigenvalue weighted by Gasteiger charge is -2.29. The SMILES string of the molecule is CCCCCCCCCCc1ccc(C(=O)N[C@H](CC(=O)OC)C[N+](C)(C)C)cc1. The van der Waals surface area contributed by atoms with Gasteiger partial charge < -0.3 is 14.5 Å². The fourth-order valence-corrected chi connectivity index (χ4v) is 3.66. The van der Waals surface area contributed by atoms with Gasteiger partial charge in [-0.15, -0.1) is 0 Å². The summed E-state index contributed by atoms with van der Waals surface area (Å²) < 4.78 is 5.43. The highest BCUT2D eigenvalue weighted by Gasteiger charge is 2.23. The molecule has 1 N–H and O–H groups in total. The van der Waals surface area contributed by atoms with E-state index in [2.05, 4.69) is 12.2 Å². The Bertz CT molecular complexity index is 620. The molecule has 0 aliphatic rings. The van der Waals surface area contributed by atoms with Crippen LogP contribution in [-0.2, 0) is 16.0 Å². The van der Waals surface area contributed by atoms with Gasteiger partial charge in [0.25, 0.3) is 5.91 Å². The smallest absolute Gasteiger partial charge is 0.307 e. The molecule has 30 heavy (non-hydrogen) atoms. The predicted molar refractivity (Wildman–Crippen MR) is 124 cm³/mol. The Hall–Kier alpha value is -1.88. The lowest BCUT2D eigenvalue weighted by Crippen LogP contribution is -2.49. The Labute approximate surface area is 183 Å². The van der Waals surface area contributed by atoms with Crippen molar-refractivity contribution >= 4 is 11.9 Å². The summed E-state index contributed by atoms with van der Waals surface area (Å²) >= 11 is 0. The first kappa shape index (κ1) is 26.2. The van der Waals surface area contributed by atoms with E-state index in [4.69, 9.17) is 4.74 Å². The van der Waals surface area contributed by atoms with Gasteiger partial charge in [0, 0.05) is 5.56 Å². The Balaban J connectivity index is 2.46. The number of methoxy groups -OCH3 is 1. The van der Waals surface area contributed by atoms with Crippen molar-refractivity contribution in [1.29, 1.82) is 0 Å². The van der Waals surface area contributed by atoms with Gasteiger partial charge in [0.05, 0.1) is 47.3 Å². The van der Waals surface area contributed by atoms with Gasteiger partial charge in [-0.3, -0.25) is 9.59 Å². The van der Waals surface area contributed by atoms with Crippen LogP contribution in [0.25, 0.3) is 0 Å². The zero-order valence-electron chi connectivity index (χ0n) is 19.8. The van der Waals surface area contributed by atoms with Crippen LogP contribution in [0.5, 0.6) is 0 Å². The lowest BCUT2D eigenvalue weighted by atomic mass is 10.0. The van der Waals surface area contributed by atoms with Crippen LogP contribution in [0.1, 0.15) is 80.6 Å². The molecule has 0 heterocycles. The first-order valence-electron chi connectivity index (χ1n) is 11.5. The largest absolute Gasteiger partial charge is 0.469 e. The monoisotopic (exact) mass is 419 g/mol. The van der Waals surface area contributed by atoms with Gasteiger partial charge in [-0.1, -0.05) is 64.0 Å². The summed E-state index contributed by atoms with van der Waals surface area (Å²) in [4.78, 5) is 24.4. The van der Waals surface area contributed by atoms with Crippen molar-refractivity contribution < 1.29 is 18.8 Å². The molecule has 0 unspecified atom stereocenters. The standard InChI is InChI=1S/C25H42N2O3/c1-6-7-8-9-10-11-12-13-14-21-15-17-22(18-16-21)25(29)26-23(19-24(28)30-5)20-27(2,3)4/h15-18,23H,6-14,19-20H2,1-5H3/p+1/t23-/m1/s1. The molecule has 0 aliphatic heterocycles. The van der Waals surface area contributed by atoms with Gasteiger partial charge in [0.2, 0.25) is 0 Å². The van der Waals surface area contributed by atoms with E-state index in [9.17, 15) is 9.59 Å². The number of ether oxygens (including phenoxy) is 1. The molecule has 0 bridgehead atoms. The fraction of sp³-hybridized carbons (Fsp3) is 0.680. The first-order valence-corrected chi connectivity index (χ1v) is 11.5. The van der Waals surface area contributed by atoms with Gasteiger partial charge in [0.1, 0.15) is 0 Å². The van der Waals surface area contributed by atoms with Crippen molar-refractivity contribution in [2.45, 2.75) is 77.2 Å². The summed E-state index contributed by atoms with van der Waals surface area (Å²) in [5.74, 6) is -0.453. The van der Waals surface area contributed by atoms with Crippen molar-refractivity contribution in [2.75, 3.05) is 34.8 Å². The second-order valence-electron chi connectivity index (χ2n) is 9.35. The van der Waals surface area contributed by atoms with Crippen LogP contribution in [0.15, 0.2) is 24.3 Å². The lowest BCUT2D eigenvalue weighted by molar-refractivity contribution is -0.871. The number of rotatable bonds is 15. The summed E-state index contributed by atoms with van der Waals surface area (Å²) in [6.07, 6.45) is 11.8. The molecule has 0 aliphatic carbocycles. The molecule has 0 saturated carbocycles. The number of carbonyl (C=O) groups is 2. The van der Waals surface area contributed by atoms with E-state index in [1.165, 1.54) is 64.0 Å². The Morgan fingerprint density at radius 1 is 0.933 bits per heavy atom. The summed E-state index contributed by atoms with van der Waals surface area (Å²) in [5.41, 5.74) is 1.90. The second kappa shape index (κ2) is 14.2. The molecule has 1 amide bonds. The molecule has 0 saturated heterocycles. The van der Waals surface area contributed by atoms with Crippen molar-refractivity contribution in [3.05, 3.63) is 35.4 Å². The number of hydrogen-bond acceptors (Lipinski definition) is 3. The molecule has 0 aromatic heterocycles. The van der Waals surface area contributed by atoms with Crippen molar-refractivity contribution in [3.8, 4) is 0 Å². The van der Waals surface area contributed by atoms with Gasteiger partial charge in [-0.2, -0.15) is 0 Å². The summed E-state index contributed by atoms with van der Waals surface area (Å²) in [7, 11) is 7.49. The van der Waals surface area contributed by atoms with Gasteiger partial charge >= 0.3 is 5.97 Å². The fourth-order valence-electron chi connectivity index (χ4n) is 3.66. The molecule has 1 rings (SSSR count). The van der Waals surface area contributed by atoms with Crippen LogP contribution in [0.3, 0.4) is 0 Å². The van der Waals surface area contributed by atoms with Crippen LogP contribution in [-0.4, -0.2) is 57.2 Å². The number of nitrogens with one attached hydrogen (secondary N) is 1. The average molecular weight is 420 g/mol. The third-order valence-electron chi connectivity index (χ3n) is 5.28. The van der Waals surface area contributed by atoms with Crippen molar-refractivity contribution in [1.82, 2.24) is 5.32 Å². The molecule has 1 atom stereocenters. The van der Waals surface area contributed by atoms with Crippen LogP contribution < -0.4 is 5.32 Å². The van der Waals surface area contributed by atoms with E-state index in [-0.39, 0.29) is 24.3 Å². The highest BCUT2D eigenvalue weighted by Crippen LogP contribution is 2.13. The maximum atomic E-state index is 12.7. The maximum absolute atomic E-state index is 12.7. The highest BCUT2D eigenvalue weighted by atomic mass is 16.5. The molecule has 5 nitrogen and oxygen atoms in total. The zero-order valence-corrected chi connectivity index (χ0v) is 19.8. The summed E-state index contributed by atoms with van der Waals surface area (Å²) in [6, 6.07) is 7.60. The topological polar surface area (TPSA) is 55.4 Å². The van der Waals surface area contributed by atoms with E-state index >= 15 is 0 Å². The summed E-state index contributed by atoms with van der Waals surface area (Å²) in [5, 5.41) is 3.00. The minimum absolute atomic E-state index is 0.143. The first-order chi connectivity index (χ1) is 14.2. The molecule has 5 heteroatoms. The number of nitrogens with zero attached hydrogens (tertiary/aromatic N) is 1. The number of hydrogen-bond donors (Lipinski definition) is 1. The quantitative estimate of drug-likeness (QED) is 0.254.